The molecule has 1 atom stereocenters. The summed E-state index contributed by atoms with van der Waals surface area (Å²) in [6.07, 6.45) is 0.470. The third-order valence-corrected chi connectivity index (χ3v) is 2.95. The minimum Gasteiger partial charge on any atom is -0.323 e. The van der Waals surface area contributed by atoms with Crippen molar-refractivity contribution in [2.24, 2.45) is 0 Å². The summed E-state index contributed by atoms with van der Waals surface area (Å²) >= 11 is 0. The highest BCUT2D eigenvalue weighted by Crippen LogP contribution is 2.43. The van der Waals surface area contributed by atoms with Gasteiger partial charge in [0.15, 0.2) is 0 Å². The Labute approximate surface area is 61.0 Å². The Bertz CT molecular complexity index is 142. The van der Waals surface area contributed by atoms with E-state index in [-0.39, 0.29) is 0 Å². The Kier molecular flexibility index (Phi) is 3.52. The molecule has 62 valence electrons. The van der Waals surface area contributed by atoms with Crippen LogP contribution in [0.15, 0.2) is 0 Å². The summed E-state index contributed by atoms with van der Waals surface area (Å²) in [4.78, 5) is 19.0. The van der Waals surface area contributed by atoms with Crippen LogP contribution in [-0.4, -0.2) is 34.6 Å². The van der Waals surface area contributed by atoms with Crippen LogP contribution < -0.4 is 0 Å². The first-order valence-corrected chi connectivity index (χ1v) is 4.79. The second-order valence-corrected chi connectivity index (χ2v) is 4.22. The van der Waals surface area contributed by atoms with E-state index in [2.05, 4.69) is 0 Å². The topological polar surface area (TPSA) is 60.8 Å². The van der Waals surface area contributed by atoms with Crippen molar-refractivity contribution in [1.29, 1.82) is 0 Å². The van der Waals surface area contributed by atoms with Gasteiger partial charge in [0, 0.05) is 0 Å². The maximum atomic E-state index is 10.7. The molecule has 0 fully saturated rings. The summed E-state index contributed by atoms with van der Waals surface area (Å²) in [7, 11) is -0.586. The van der Waals surface area contributed by atoms with Crippen molar-refractivity contribution >= 4 is 7.60 Å². The first-order chi connectivity index (χ1) is 4.39. The lowest BCUT2D eigenvalue weighted by molar-refractivity contribution is 0.279. The van der Waals surface area contributed by atoms with E-state index in [9.17, 15) is 4.57 Å². The molecule has 0 saturated carbocycles. The van der Waals surface area contributed by atoms with Crippen LogP contribution in [0, 0.1) is 0 Å². The van der Waals surface area contributed by atoms with Crippen molar-refractivity contribution < 1.29 is 14.4 Å². The highest BCUT2D eigenvalue weighted by Gasteiger charge is 2.28. The van der Waals surface area contributed by atoms with Gasteiger partial charge >= 0.3 is 7.60 Å². The van der Waals surface area contributed by atoms with E-state index in [1.807, 2.05) is 0 Å². The lowest BCUT2D eigenvalue weighted by atomic mass is 10.4. The molecule has 0 aromatic rings. The molecule has 0 aliphatic carbocycles. The molecule has 0 rings (SSSR count). The third-order valence-electron chi connectivity index (χ3n) is 1.35. The standard InChI is InChI=1S/C5H14NO3P/c1-4-5(6(2)3)10(7,8)9/h5H,4H2,1-3H3,(H2,7,8,9). The van der Waals surface area contributed by atoms with E-state index >= 15 is 0 Å². The molecule has 0 radical (unpaired) electrons. The highest BCUT2D eigenvalue weighted by atomic mass is 31.2. The molecular formula is C5H14NO3P. The van der Waals surface area contributed by atoms with Crippen LogP contribution in [0.1, 0.15) is 13.3 Å². The quantitative estimate of drug-likeness (QED) is 0.599. The molecule has 0 aliphatic heterocycles. The number of hydrogen-bond donors (Lipinski definition) is 2. The average molecular weight is 167 g/mol. The lowest BCUT2D eigenvalue weighted by Crippen LogP contribution is -2.26. The van der Waals surface area contributed by atoms with Gasteiger partial charge < -0.3 is 9.79 Å². The molecule has 1 unspecified atom stereocenters. The van der Waals surface area contributed by atoms with Crippen molar-refractivity contribution in [2.75, 3.05) is 14.1 Å². The van der Waals surface area contributed by atoms with Crippen molar-refractivity contribution in [2.45, 2.75) is 19.1 Å². The van der Waals surface area contributed by atoms with Gasteiger partial charge in [-0.05, 0) is 20.5 Å². The smallest absolute Gasteiger partial charge is 0.323 e. The van der Waals surface area contributed by atoms with Gasteiger partial charge in [-0.15, -0.1) is 0 Å². The van der Waals surface area contributed by atoms with E-state index in [1.54, 1.807) is 25.9 Å². The van der Waals surface area contributed by atoms with E-state index in [0.717, 1.165) is 0 Å². The Morgan fingerprint density at radius 2 is 1.90 bits per heavy atom. The summed E-state index contributed by atoms with van der Waals surface area (Å²) < 4.78 is 10.7. The van der Waals surface area contributed by atoms with Crippen LogP contribution in [0.25, 0.3) is 0 Å². The second kappa shape index (κ2) is 3.49. The van der Waals surface area contributed by atoms with Crippen LogP contribution in [-0.2, 0) is 4.57 Å². The zero-order valence-electron chi connectivity index (χ0n) is 6.48. The van der Waals surface area contributed by atoms with Gasteiger partial charge in [-0.1, -0.05) is 6.92 Å². The number of hydrogen-bond acceptors (Lipinski definition) is 2. The van der Waals surface area contributed by atoms with Crippen LogP contribution in [0.4, 0.5) is 0 Å². The predicted octanol–water partition coefficient (Wildman–Crippen LogP) is 0.462. The first-order valence-electron chi connectivity index (χ1n) is 3.11. The van der Waals surface area contributed by atoms with Gasteiger partial charge in [0.2, 0.25) is 0 Å². The van der Waals surface area contributed by atoms with E-state index in [1.165, 1.54) is 0 Å². The lowest BCUT2D eigenvalue weighted by Gasteiger charge is -2.23. The van der Waals surface area contributed by atoms with Gasteiger partial charge in [0.1, 0.15) is 5.78 Å². The fourth-order valence-electron chi connectivity index (χ4n) is 0.904. The molecule has 0 aromatic carbocycles. The van der Waals surface area contributed by atoms with Crippen LogP contribution in [0.5, 0.6) is 0 Å². The minimum absolute atomic E-state index is 0.470. The van der Waals surface area contributed by atoms with Gasteiger partial charge in [-0.3, -0.25) is 9.46 Å². The Morgan fingerprint density at radius 1 is 1.50 bits per heavy atom. The number of nitrogens with zero attached hydrogens (tertiary/aromatic N) is 1. The van der Waals surface area contributed by atoms with Gasteiger partial charge in [0.05, 0.1) is 0 Å². The minimum atomic E-state index is -3.91. The molecule has 2 N–H and O–H groups in total. The van der Waals surface area contributed by atoms with E-state index in [0.29, 0.717) is 6.42 Å². The van der Waals surface area contributed by atoms with Gasteiger partial charge in [-0.25, -0.2) is 0 Å². The van der Waals surface area contributed by atoms with Gasteiger partial charge in [0.25, 0.3) is 0 Å². The van der Waals surface area contributed by atoms with Crippen LogP contribution in [0.3, 0.4) is 0 Å². The van der Waals surface area contributed by atoms with Crippen molar-refractivity contribution in [1.82, 2.24) is 4.90 Å². The molecular weight excluding hydrogens is 153 g/mol. The SMILES string of the molecule is CCC(N(C)C)P(=O)(O)O. The molecule has 0 saturated heterocycles. The molecule has 10 heavy (non-hydrogen) atoms. The predicted molar refractivity (Wildman–Crippen MR) is 39.8 cm³/mol. The summed E-state index contributed by atoms with van der Waals surface area (Å²) in [5.41, 5.74) is 0. The summed E-state index contributed by atoms with van der Waals surface area (Å²) in [5.74, 6) is -0.632. The zero-order valence-corrected chi connectivity index (χ0v) is 7.38. The van der Waals surface area contributed by atoms with Crippen molar-refractivity contribution in [3.8, 4) is 0 Å². The molecule has 0 heterocycles. The van der Waals surface area contributed by atoms with Crippen LogP contribution >= 0.6 is 7.60 Å². The first kappa shape index (κ1) is 10.1. The second-order valence-electron chi connectivity index (χ2n) is 2.44. The normalized spacial score (nSPS) is 15.8. The molecule has 0 aliphatic rings. The van der Waals surface area contributed by atoms with Crippen LogP contribution in [0.2, 0.25) is 0 Å². The molecule has 0 bridgehead atoms. The fraction of sp³-hybridized carbons (Fsp3) is 1.00. The molecule has 4 nitrogen and oxygen atoms in total. The summed E-state index contributed by atoms with van der Waals surface area (Å²) in [5, 5.41) is 0. The zero-order chi connectivity index (χ0) is 8.36. The molecule has 5 heteroatoms. The van der Waals surface area contributed by atoms with Crippen molar-refractivity contribution in [3.63, 3.8) is 0 Å². The molecule has 0 spiro atoms. The average Bonchev–Trinajstić information content (AvgIpc) is 1.60. The summed E-state index contributed by atoms with van der Waals surface area (Å²) in [6, 6.07) is 0. The molecule has 0 aromatic heterocycles. The highest BCUT2D eigenvalue weighted by molar-refractivity contribution is 7.52. The maximum Gasteiger partial charge on any atom is 0.342 e. The Hall–Kier alpha value is 0.110. The monoisotopic (exact) mass is 167 g/mol. The van der Waals surface area contributed by atoms with E-state index < -0.39 is 13.4 Å². The number of rotatable bonds is 3. The Morgan fingerprint density at radius 3 is 1.90 bits per heavy atom. The van der Waals surface area contributed by atoms with Crippen molar-refractivity contribution in [3.05, 3.63) is 0 Å². The summed E-state index contributed by atoms with van der Waals surface area (Å²) in [6.45, 7) is 1.75. The van der Waals surface area contributed by atoms with Gasteiger partial charge in [-0.2, -0.15) is 0 Å². The fourth-order valence-corrected chi connectivity index (χ4v) is 1.98. The maximum absolute atomic E-state index is 10.7. The Balaban J connectivity index is 4.22. The largest absolute Gasteiger partial charge is 0.342 e. The third kappa shape index (κ3) is 2.80. The van der Waals surface area contributed by atoms with E-state index in [4.69, 9.17) is 9.79 Å². The molecule has 0 amide bonds.